The fourth-order valence-electron chi connectivity index (χ4n) is 5.88. The van der Waals surface area contributed by atoms with E-state index in [9.17, 15) is 17.6 Å². The summed E-state index contributed by atoms with van der Waals surface area (Å²) in [6, 6.07) is -0.269. The van der Waals surface area contributed by atoms with Crippen molar-refractivity contribution in [3.63, 3.8) is 0 Å². The molecule has 2 saturated heterocycles. The van der Waals surface area contributed by atoms with E-state index in [1.165, 1.54) is 0 Å². The molecular weight excluding hydrogens is 421 g/mol. The first-order valence-electron chi connectivity index (χ1n) is 12.1. The Morgan fingerprint density at radius 1 is 1.10 bits per heavy atom. The summed E-state index contributed by atoms with van der Waals surface area (Å²) in [5, 5.41) is 6.01. The number of ether oxygens (including phenoxy) is 1. The zero-order chi connectivity index (χ0) is 22.0. The van der Waals surface area contributed by atoms with Gasteiger partial charge in [0.15, 0.2) is 0 Å². The Morgan fingerprint density at radius 3 is 2.52 bits per heavy atom. The Bertz CT molecular complexity index is 722. The molecule has 4 fully saturated rings. The number of hydrogen-bond acceptors (Lipinski definition) is 5. The van der Waals surface area contributed by atoms with Crippen LogP contribution in [0.25, 0.3) is 0 Å². The Balaban J connectivity index is 1.40. The second-order valence-corrected chi connectivity index (χ2v) is 12.2. The molecule has 0 aromatic heterocycles. The third kappa shape index (κ3) is 5.60. The third-order valence-corrected chi connectivity index (χ3v) is 10.0. The standard InChI is InChI=1S/C22H38FN3O4S/c1-15-14-26(31(28,29)19-5-2-17(23)3-6-19)20-13-18(4-7-21(20)30-15)25-22(27)12-16-8-10-24-11-9-16/h15-21,24H,2-14H2,1H3,(H,25,27)/t15-,17?,18?,19?,20?,21?/m0/s1. The van der Waals surface area contributed by atoms with Gasteiger partial charge in [-0.1, -0.05) is 0 Å². The van der Waals surface area contributed by atoms with Gasteiger partial charge in [-0.15, -0.1) is 0 Å². The number of sulfonamides is 1. The van der Waals surface area contributed by atoms with Gasteiger partial charge < -0.3 is 15.4 Å². The normalized spacial score (nSPS) is 38.4. The summed E-state index contributed by atoms with van der Waals surface area (Å²) in [4.78, 5) is 12.6. The van der Waals surface area contributed by atoms with Gasteiger partial charge in [-0.2, -0.15) is 4.31 Å². The van der Waals surface area contributed by atoms with E-state index in [1.807, 2.05) is 6.92 Å². The number of alkyl halides is 1. The quantitative estimate of drug-likeness (QED) is 0.658. The Labute approximate surface area is 185 Å². The van der Waals surface area contributed by atoms with Gasteiger partial charge in [0.2, 0.25) is 15.9 Å². The predicted octanol–water partition coefficient (Wildman–Crippen LogP) is 2.11. The van der Waals surface area contributed by atoms with Gasteiger partial charge in [0, 0.05) is 19.0 Å². The molecule has 178 valence electrons. The summed E-state index contributed by atoms with van der Waals surface area (Å²) in [5.74, 6) is 0.509. The van der Waals surface area contributed by atoms with Gasteiger partial charge in [-0.25, -0.2) is 12.8 Å². The molecule has 31 heavy (non-hydrogen) atoms. The summed E-state index contributed by atoms with van der Waals surface area (Å²) in [6.07, 6.45) is 5.03. The highest BCUT2D eigenvalue weighted by atomic mass is 32.2. The summed E-state index contributed by atoms with van der Waals surface area (Å²) in [6.45, 7) is 4.20. The highest BCUT2D eigenvalue weighted by molar-refractivity contribution is 7.89. The number of piperidine rings is 1. The molecule has 1 amide bonds. The molecule has 3 unspecified atom stereocenters. The van der Waals surface area contributed by atoms with Gasteiger partial charge in [0.25, 0.3) is 0 Å². The lowest BCUT2D eigenvalue weighted by Crippen LogP contribution is -2.62. The SMILES string of the molecule is C[C@H]1CN(S(=O)(=O)C2CCC(F)CC2)C2CC(NC(=O)CC3CCNCC3)CCC2O1. The molecule has 2 heterocycles. The van der Waals surface area contributed by atoms with Gasteiger partial charge in [0.1, 0.15) is 6.17 Å². The molecule has 0 bridgehead atoms. The van der Waals surface area contributed by atoms with E-state index in [0.717, 1.165) is 38.8 Å². The Morgan fingerprint density at radius 2 is 1.81 bits per heavy atom. The number of amides is 1. The van der Waals surface area contributed by atoms with Crippen LogP contribution in [0.4, 0.5) is 4.39 Å². The fourth-order valence-corrected chi connectivity index (χ4v) is 8.15. The van der Waals surface area contributed by atoms with Crippen LogP contribution in [0.2, 0.25) is 0 Å². The van der Waals surface area contributed by atoms with Crippen molar-refractivity contribution in [1.29, 1.82) is 0 Å². The van der Waals surface area contributed by atoms with E-state index in [2.05, 4.69) is 10.6 Å². The number of carbonyl (C=O) groups is 1. The maximum Gasteiger partial charge on any atom is 0.220 e. The minimum atomic E-state index is -3.52. The molecule has 0 aromatic carbocycles. The number of nitrogens with zero attached hydrogens (tertiary/aromatic N) is 1. The summed E-state index contributed by atoms with van der Waals surface area (Å²) in [7, 11) is -3.52. The molecule has 7 nitrogen and oxygen atoms in total. The Hall–Kier alpha value is -0.770. The number of nitrogens with one attached hydrogen (secondary N) is 2. The van der Waals surface area contributed by atoms with Gasteiger partial charge in [-0.05, 0) is 83.7 Å². The van der Waals surface area contributed by atoms with Crippen LogP contribution >= 0.6 is 0 Å². The first kappa shape index (κ1) is 23.4. The minimum Gasteiger partial charge on any atom is -0.372 e. The molecule has 2 N–H and O–H groups in total. The smallest absolute Gasteiger partial charge is 0.220 e. The lowest BCUT2D eigenvalue weighted by Gasteiger charge is -2.48. The molecule has 0 spiro atoms. The lowest BCUT2D eigenvalue weighted by atomic mass is 9.86. The zero-order valence-corrected chi connectivity index (χ0v) is 19.4. The van der Waals surface area contributed by atoms with Crippen molar-refractivity contribution in [1.82, 2.24) is 14.9 Å². The molecule has 0 radical (unpaired) electrons. The van der Waals surface area contributed by atoms with Crippen LogP contribution in [-0.4, -0.2) is 74.0 Å². The van der Waals surface area contributed by atoms with E-state index >= 15 is 0 Å². The lowest BCUT2D eigenvalue weighted by molar-refractivity contribution is -0.126. The maximum absolute atomic E-state index is 13.6. The van der Waals surface area contributed by atoms with Crippen molar-refractivity contribution in [3.05, 3.63) is 0 Å². The van der Waals surface area contributed by atoms with Crippen LogP contribution in [0, 0.1) is 5.92 Å². The highest BCUT2D eigenvalue weighted by Gasteiger charge is 2.47. The van der Waals surface area contributed by atoms with E-state index in [1.54, 1.807) is 4.31 Å². The van der Waals surface area contributed by atoms with Crippen LogP contribution in [0.1, 0.15) is 71.1 Å². The number of carbonyl (C=O) groups excluding carboxylic acids is 1. The van der Waals surface area contributed by atoms with E-state index in [4.69, 9.17) is 4.74 Å². The molecule has 4 rings (SSSR count). The van der Waals surface area contributed by atoms with E-state index in [0.29, 0.717) is 51.0 Å². The minimum absolute atomic E-state index is 0.0215. The Kier molecular flexibility index (Phi) is 7.56. The van der Waals surface area contributed by atoms with E-state index in [-0.39, 0.29) is 30.2 Å². The van der Waals surface area contributed by atoms with Crippen molar-refractivity contribution in [3.8, 4) is 0 Å². The van der Waals surface area contributed by atoms with Crippen LogP contribution in [0.15, 0.2) is 0 Å². The number of rotatable bonds is 5. The fraction of sp³-hybridized carbons (Fsp3) is 0.955. The number of hydrogen-bond donors (Lipinski definition) is 2. The summed E-state index contributed by atoms with van der Waals surface area (Å²) in [5.41, 5.74) is 0. The van der Waals surface area contributed by atoms with E-state index < -0.39 is 21.4 Å². The van der Waals surface area contributed by atoms with Crippen molar-refractivity contribution < 1.29 is 22.3 Å². The summed E-state index contributed by atoms with van der Waals surface area (Å²) >= 11 is 0. The average molecular weight is 460 g/mol. The maximum atomic E-state index is 13.6. The monoisotopic (exact) mass is 459 g/mol. The van der Waals surface area contributed by atoms with Crippen LogP contribution in [-0.2, 0) is 19.6 Å². The summed E-state index contributed by atoms with van der Waals surface area (Å²) < 4.78 is 48.3. The average Bonchev–Trinajstić information content (AvgIpc) is 2.74. The van der Waals surface area contributed by atoms with Crippen LogP contribution < -0.4 is 10.6 Å². The number of fused-ring (bicyclic) bond motifs is 1. The van der Waals surface area contributed by atoms with Crippen molar-refractivity contribution in [2.24, 2.45) is 5.92 Å². The van der Waals surface area contributed by atoms with Crippen molar-refractivity contribution in [2.45, 2.75) is 107 Å². The van der Waals surface area contributed by atoms with Crippen molar-refractivity contribution >= 4 is 15.9 Å². The molecule has 9 heteroatoms. The second-order valence-electron chi connectivity index (χ2n) is 10.0. The molecular formula is C22H38FN3O4S. The molecule has 2 aliphatic carbocycles. The molecule has 4 atom stereocenters. The van der Waals surface area contributed by atoms with Gasteiger partial charge >= 0.3 is 0 Å². The molecule has 4 aliphatic rings. The largest absolute Gasteiger partial charge is 0.372 e. The molecule has 2 saturated carbocycles. The zero-order valence-electron chi connectivity index (χ0n) is 18.6. The number of halogens is 1. The topological polar surface area (TPSA) is 87.7 Å². The van der Waals surface area contributed by atoms with Crippen molar-refractivity contribution in [2.75, 3.05) is 19.6 Å². The van der Waals surface area contributed by atoms with Crippen LogP contribution in [0.3, 0.4) is 0 Å². The molecule has 0 aromatic rings. The van der Waals surface area contributed by atoms with Gasteiger partial charge in [0.05, 0.1) is 23.5 Å². The highest BCUT2D eigenvalue weighted by Crippen LogP contribution is 2.36. The molecule has 2 aliphatic heterocycles. The van der Waals surface area contributed by atoms with Crippen LogP contribution in [0.5, 0.6) is 0 Å². The first-order valence-corrected chi connectivity index (χ1v) is 13.6. The predicted molar refractivity (Wildman–Crippen MR) is 117 cm³/mol. The third-order valence-electron chi connectivity index (χ3n) is 7.62. The van der Waals surface area contributed by atoms with Gasteiger partial charge in [-0.3, -0.25) is 4.79 Å². The number of morpholine rings is 1. The first-order chi connectivity index (χ1) is 14.8. The second kappa shape index (κ2) is 10.0.